The minimum Gasteiger partial charge on any atom is -0.381 e. The highest BCUT2D eigenvalue weighted by Crippen LogP contribution is 2.20. The number of likely N-dealkylation sites (tertiary alicyclic amines) is 1. The van der Waals surface area contributed by atoms with Crippen molar-refractivity contribution in [3.8, 4) is 0 Å². The lowest BCUT2D eigenvalue weighted by Crippen LogP contribution is -2.52. The Morgan fingerprint density at radius 3 is 2.04 bits per heavy atom. The predicted molar refractivity (Wildman–Crippen MR) is 276 cm³/mol. The van der Waals surface area contributed by atoms with Crippen molar-refractivity contribution in [2.45, 2.75) is 136 Å². The van der Waals surface area contributed by atoms with Crippen LogP contribution in [0.1, 0.15) is 121 Å². The zero-order valence-corrected chi connectivity index (χ0v) is 44.7. The highest BCUT2D eigenvalue weighted by atomic mass is 32.2. The van der Waals surface area contributed by atoms with Crippen LogP contribution in [0.2, 0.25) is 0 Å². The molecule has 6 N–H and O–H groups in total. The first-order chi connectivity index (χ1) is 34.9. The number of ether oxygens (including phenoxy) is 4. The lowest BCUT2D eigenvalue weighted by Gasteiger charge is -2.27. The normalized spacial score (nSPS) is 15.0. The summed E-state index contributed by atoms with van der Waals surface area (Å²) in [5.41, 5.74) is 6.66. The van der Waals surface area contributed by atoms with Gasteiger partial charge in [0.1, 0.15) is 19.3 Å². The van der Waals surface area contributed by atoms with Crippen molar-refractivity contribution in [3.05, 3.63) is 35.4 Å². The Balaban J connectivity index is 1.90. The number of rotatable bonds is 41. The Labute approximate surface area is 435 Å². The maximum Gasteiger partial charge on any atom is 0.249 e. The number of amides is 5. The zero-order valence-electron chi connectivity index (χ0n) is 43.9. The van der Waals surface area contributed by atoms with Gasteiger partial charge in [0.15, 0.2) is 28.9 Å². The fourth-order valence-electron chi connectivity index (χ4n) is 7.84. The van der Waals surface area contributed by atoms with Gasteiger partial charge in [0.25, 0.3) is 0 Å². The lowest BCUT2D eigenvalue weighted by atomic mass is 9.96. The minimum atomic E-state index is -0.932. The number of hydrogen-bond donors (Lipinski definition) is 5. The van der Waals surface area contributed by atoms with Crippen molar-refractivity contribution in [1.82, 2.24) is 26.2 Å². The summed E-state index contributed by atoms with van der Waals surface area (Å²) < 4.78 is 21.7. The number of carbonyl (C=O) groups is 10. The summed E-state index contributed by atoms with van der Waals surface area (Å²) in [6, 6.07) is 3.18. The van der Waals surface area contributed by atoms with Crippen LogP contribution in [0.3, 0.4) is 0 Å². The lowest BCUT2D eigenvalue weighted by molar-refractivity contribution is -0.142. The molecule has 0 unspecified atom stereocenters. The second kappa shape index (κ2) is 36.9. The van der Waals surface area contributed by atoms with E-state index < -0.39 is 59.6 Å². The van der Waals surface area contributed by atoms with Crippen molar-refractivity contribution < 1.29 is 66.9 Å². The van der Waals surface area contributed by atoms with E-state index >= 15 is 0 Å². The number of nitrogens with zero attached hydrogens (tertiary/aromatic N) is 1. The third-order valence-electron chi connectivity index (χ3n) is 11.8. The van der Waals surface area contributed by atoms with E-state index in [1.807, 2.05) is 20.8 Å². The molecule has 1 saturated heterocycles. The Morgan fingerprint density at radius 2 is 1.37 bits per heavy atom. The average Bonchev–Trinajstić information content (AvgIpc) is 3.86. The number of thioether (sulfide) groups is 1. The summed E-state index contributed by atoms with van der Waals surface area (Å²) in [6.45, 7) is 10.6. The molecule has 1 aromatic rings. The van der Waals surface area contributed by atoms with E-state index in [0.717, 1.165) is 12.0 Å². The number of hydrogen-bond acceptors (Lipinski definition) is 16. The molecule has 410 valence electrons. The highest BCUT2D eigenvalue weighted by Gasteiger charge is 2.36. The van der Waals surface area contributed by atoms with E-state index in [1.165, 1.54) is 23.6 Å². The van der Waals surface area contributed by atoms with Gasteiger partial charge in [0, 0.05) is 82.2 Å². The van der Waals surface area contributed by atoms with Crippen LogP contribution in [0.4, 0.5) is 0 Å². The molecule has 1 aliphatic heterocycles. The highest BCUT2D eigenvalue weighted by molar-refractivity contribution is 7.98. The first-order valence-electron chi connectivity index (χ1n) is 25.6. The third kappa shape index (κ3) is 26.7. The average molecular weight is 1050 g/mol. The second-order valence-corrected chi connectivity index (χ2v) is 19.6. The van der Waals surface area contributed by atoms with Gasteiger partial charge < -0.3 is 50.8 Å². The number of ketones is 5. The number of nitrogens with one attached hydrogen (secondary N) is 4. The Morgan fingerprint density at radius 1 is 0.726 bits per heavy atom. The molecule has 0 bridgehead atoms. The number of Topliss-reactive ketones (excluding diaryl/α,β-unsaturated/α-hetero) is 5. The summed E-state index contributed by atoms with van der Waals surface area (Å²) in [5, 5.41) is 10.9. The predicted octanol–water partition coefficient (Wildman–Crippen LogP) is 2.48. The molecule has 5 atom stereocenters. The molecule has 0 aromatic heterocycles. The van der Waals surface area contributed by atoms with Crippen molar-refractivity contribution in [2.75, 3.05) is 84.5 Å². The molecule has 21 heteroatoms. The van der Waals surface area contributed by atoms with Crippen LogP contribution in [0.5, 0.6) is 0 Å². The van der Waals surface area contributed by atoms with Crippen LogP contribution in [0.15, 0.2) is 24.3 Å². The summed E-state index contributed by atoms with van der Waals surface area (Å²) in [6.07, 6.45) is 4.50. The van der Waals surface area contributed by atoms with Crippen LogP contribution in [-0.4, -0.2) is 172 Å². The van der Waals surface area contributed by atoms with Gasteiger partial charge in [0.05, 0.1) is 44.5 Å². The summed E-state index contributed by atoms with van der Waals surface area (Å²) in [4.78, 5) is 131. The Bertz CT molecular complexity index is 1930. The summed E-state index contributed by atoms with van der Waals surface area (Å²) in [7, 11) is 0. The maximum absolute atomic E-state index is 13.7. The molecule has 73 heavy (non-hydrogen) atoms. The number of carbonyl (C=O) groups excluding carboxylic acids is 10. The molecule has 1 aliphatic rings. The minimum absolute atomic E-state index is 0.00671. The fraction of sp³-hybridized carbons (Fsp3) is 0.692. The molecule has 1 aromatic carbocycles. The van der Waals surface area contributed by atoms with Gasteiger partial charge in [0.2, 0.25) is 29.5 Å². The van der Waals surface area contributed by atoms with Crippen LogP contribution < -0.4 is 27.0 Å². The Hall–Kier alpha value is -4.93. The molecule has 1 fully saturated rings. The van der Waals surface area contributed by atoms with Crippen LogP contribution >= 0.6 is 11.8 Å². The van der Waals surface area contributed by atoms with Gasteiger partial charge >= 0.3 is 0 Å². The number of benzene rings is 1. The van der Waals surface area contributed by atoms with Crippen LogP contribution in [0.25, 0.3) is 0 Å². The summed E-state index contributed by atoms with van der Waals surface area (Å²) in [5.74, 6) is -4.18. The van der Waals surface area contributed by atoms with E-state index in [0.29, 0.717) is 57.7 Å². The zero-order chi connectivity index (χ0) is 54.1. The van der Waals surface area contributed by atoms with E-state index in [2.05, 4.69) is 21.3 Å². The van der Waals surface area contributed by atoms with Gasteiger partial charge in [-0.05, 0) is 69.6 Å². The fourth-order valence-corrected chi connectivity index (χ4v) is 8.44. The van der Waals surface area contributed by atoms with Crippen molar-refractivity contribution in [3.63, 3.8) is 0 Å². The first kappa shape index (κ1) is 64.2. The van der Waals surface area contributed by atoms with Gasteiger partial charge in [-0.25, -0.2) is 0 Å². The number of nitrogens with two attached hydrogens (primary N) is 1. The molecule has 20 nitrogen and oxygen atoms in total. The molecule has 5 amide bonds. The smallest absolute Gasteiger partial charge is 0.249 e. The van der Waals surface area contributed by atoms with Crippen molar-refractivity contribution in [1.29, 1.82) is 0 Å². The topological polar surface area (TPSA) is 285 Å². The molecule has 0 spiro atoms. The standard InChI is InChI=1S/C52H82N6O14S/c1-7-22-69-23-9-11-40(60)31-54-51(67)36(4)29-47(63)43(34-73-6)56-48(64)19-18-46(62)41(28-35(2)3)57-52(68)44-12-8-21-58(44)50(66)33-71-24-10-13-45(61)42(30-38-14-16-39(17-15-38)37(5)59)55-49(65)32-72-27-26-70-25-20-53/h14-17,35-36,41-44H,7-13,18-34,53H2,1-6H3,(H,54,67)(H,55,65)(H,56,64)(H,57,68)/t36-,41+,42+,43+,44+/m1/s1. The van der Waals surface area contributed by atoms with Crippen LogP contribution in [-0.2, 0) is 68.5 Å². The monoisotopic (exact) mass is 1050 g/mol. The van der Waals surface area contributed by atoms with Crippen molar-refractivity contribution in [2.24, 2.45) is 17.6 Å². The van der Waals surface area contributed by atoms with Gasteiger partial charge in [-0.1, -0.05) is 52.0 Å². The molecular formula is C52H82N6O14S. The molecule has 1 heterocycles. The van der Waals surface area contributed by atoms with Crippen molar-refractivity contribution >= 4 is 70.2 Å². The van der Waals surface area contributed by atoms with E-state index in [-0.39, 0.29) is 132 Å². The van der Waals surface area contributed by atoms with E-state index in [9.17, 15) is 47.9 Å². The maximum atomic E-state index is 13.7. The molecule has 0 saturated carbocycles. The molecule has 2 rings (SSSR count). The van der Waals surface area contributed by atoms with E-state index in [1.54, 1.807) is 37.4 Å². The Kier molecular flexibility index (Phi) is 32.4. The first-order valence-corrected chi connectivity index (χ1v) is 27.0. The molecule has 0 radical (unpaired) electrons. The van der Waals surface area contributed by atoms with Gasteiger partial charge in [-0.2, -0.15) is 11.8 Å². The quantitative estimate of drug-likeness (QED) is 0.0465. The van der Waals surface area contributed by atoms with Gasteiger partial charge in [-0.15, -0.1) is 0 Å². The van der Waals surface area contributed by atoms with E-state index in [4.69, 9.17) is 24.7 Å². The van der Waals surface area contributed by atoms with Crippen LogP contribution in [0, 0.1) is 11.8 Å². The largest absolute Gasteiger partial charge is 0.381 e. The molecular weight excluding hydrogens is 965 g/mol. The second-order valence-electron chi connectivity index (χ2n) is 18.7. The summed E-state index contributed by atoms with van der Waals surface area (Å²) >= 11 is 1.33. The SMILES string of the molecule is CCCOCCCC(=O)CNC(=O)[C@H](C)CC(=O)[C@H](CSC)NC(=O)CCC(=O)[C@H](CC(C)C)NC(=O)[C@@H]1CCCN1C(=O)COCCCC(=O)[C@H](Cc1ccc(C(C)=O)cc1)NC(=O)COCCOCCN. The molecule has 0 aliphatic carbocycles. The third-order valence-corrected chi connectivity index (χ3v) is 12.4. The van der Waals surface area contributed by atoms with Gasteiger partial charge in [-0.3, -0.25) is 47.9 Å².